The Labute approximate surface area is 193 Å². The van der Waals surface area contributed by atoms with Crippen LogP contribution < -0.4 is 16.8 Å². The molecular formula is C23H28ClN5OS. The normalized spacial score (nSPS) is 12.0. The highest BCUT2D eigenvalue weighted by atomic mass is 35.5. The van der Waals surface area contributed by atoms with Gasteiger partial charge < -0.3 is 16.8 Å². The van der Waals surface area contributed by atoms with Crippen molar-refractivity contribution in [2.24, 2.45) is 5.73 Å². The van der Waals surface area contributed by atoms with Gasteiger partial charge in [0.15, 0.2) is 0 Å². The predicted octanol–water partition coefficient (Wildman–Crippen LogP) is 4.84. The number of allylic oxidation sites excluding steroid dienone is 7. The van der Waals surface area contributed by atoms with Crippen molar-refractivity contribution in [2.75, 3.05) is 19.0 Å². The van der Waals surface area contributed by atoms with Crippen LogP contribution in [0, 0.1) is 0 Å². The van der Waals surface area contributed by atoms with Gasteiger partial charge >= 0.3 is 0 Å². The molecule has 0 saturated heterocycles. The number of aldehydes is 1. The zero-order valence-corrected chi connectivity index (χ0v) is 19.7. The van der Waals surface area contributed by atoms with Crippen LogP contribution in [0.4, 0.5) is 5.95 Å². The molecule has 6 nitrogen and oxygen atoms in total. The minimum atomic E-state index is 0.145. The number of carbonyl (C=O) groups is 1. The van der Waals surface area contributed by atoms with Gasteiger partial charge in [-0.15, -0.1) is 11.8 Å². The van der Waals surface area contributed by atoms with Crippen molar-refractivity contribution in [3.8, 4) is 11.3 Å². The number of hydrogen-bond donors (Lipinski definition) is 3. The first-order valence-electron chi connectivity index (χ1n) is 9.40. The lowest BCUT2D eigenvalue weighted by molar-refractivity contribution is -0.104. The van der Waals surface area contributed by atoms with E-state index >= 15 is 0 Å². The molecule has 1 aromatic carbocycles. The maximum atomic E-state index is 10.7. The molecule has 8 heteroatoms. The van der Waals surface area contributed by atoms with E-state index in [1.807, 2.05) is 69.7 Å². The zero-order chi connectivity index (χ0) is 23.2. The monoisotopic (exact) mass is 457 g/mol. The Kier molecular flexibility index (Phi) is 11.8. The van der Waals surface area contributed by atoms with Crippen LogP contribution in [0.1, 0.15) is 19.4 Å². The average Bonchev–Trinajstić information content (AvgIpc) is 2.77. The largest absolute Gasteiger partial charge is 0.398 e. The van der Waals surface area contributed by atoms with E-state index in [2.05, 4.69) is 15.3 Å². The Morgan fingerprint density at radius 1 is 1.13 bits per heavy atom. The van der Waals surface area contributed by atoms with Gasteiger partial charge in [0.1, 0.15) is 11.3 Å². The van der Waals surface area contributed by atoms with Gasteiger partial charge in [-0.1, -0.05) is 48.0 Å². The summed E-state index contributed by atoms with van der Waals surface area (Å²) in [6.45, 7) is 4.03. The number of rotatable bonds is 7. The van der Waals surface area contributed by atoms with E-state index in [9.17, 15) is 4.79 Å². The number of benzene rings is 1. The highest BCUT2D eigenvalue weighted by molar-refractivity contribution is 7.98. The minimum Gasteiger partial charge on any atom is -0.398 e. The van der Waals surface area contributed by atoms with Crippen molar-refractivity contribution in [1.29, 1.82) is 0 Å². The van der Waals surface area contributed by atoms with Crippen molar-refractivity contribution >= 4 is 41.3 Å². The van der Waals surface area contributed by atoms with Crippen LogP contribution in [0.5, 0.6) is 0 Å². The number of halogens is 1. The Morgan fingerprint density at radius 2 is 1.81 bits per heavy atom. The van der Waals surface area contributed by atoms with Gasteiger partial charge in [0, 0.05) is 35.1 Å². The van der Waals surface area contributed by atoms with Gasteiger partial charge in [0.05, 0.1) is 11.3 Å². The number of aromatic nitrogens is 2. The zero-order valence-electron chi connectivity index (χ0n) is 18.1. The summed E-state index contributed by atoms with van der Waals surface area (Å²) in [5.74, 6) is 0.145. The lowest BCUT2D eigenvalue weighted by Crippen LogP contribution is -2.08. The highest BCUT2D eigenvalue weighted by Gasteiger charge is 2.16. The number of nitrogens with one attached hydrogen (secondary N) is 1. The van der Waals surface area contributed by atoms with Crippen molar-refractivity contribution < 1.29 is 4.79 Å². The lowest BCUT2D eigenvalue weighted by atomic mass is 10.0. The second-order valence-electron chi connectivity index (χ2n) is 6.09. The second-order valence-corrected chi connectivity index (χ2v) is 7.32. The quantitative estimate of drug-likeness (QED) is 0.179. The first-order valence-corrected chi connectivity index (χ1v) is 11.0. The van der Waals surface area contributed by atoms with Crippen molar-refractivity contribution in [3.63, 3.8) is 0 Å². The summed E-state index contributed by atoms with van der Waals surface area (Å²) < 4.78 is 0. The Hall–Kier alpha value is -3.03. The molecule has 0 radical (unpaired) electrons. The van der Waals surface area contributed by atoms with Crippen LogP contribution >= 0.6 is 23.4 Å². The molecule has 0 amide bonds. The first kappa shape index (κ1) is 26.0. The fourth-order valence-electron chi connectivity index (χ4n) is 2.30. The molecule has 0 saturated carbocycles. The summed E-state index contributed by atoms with van der Waals surface area (Å²) in [6.07, 6.45) is 13.8. The van der Waals surface area contributed by atoms with E-state index in [0.717, 1.165) is 5.56 Å². The van der Waals surface area contributed by atoms with Gasteiger partial charge in [-0.2, -0.15) is 0 Å². The Balaban J connectivity index is 0.000000407. The third kappa shape index (κ3) is 8.70. The number of thioether (sulfide) groups is 1. The van der Waals surface area contributed by atoms with E-state index in [-0.39, 0.29) is 5.95 Å². The number of nitrogens with two attached hydrogens (primary N) is 2. The molecule has 0 unspecified atom stereocenters. The Morgan fingerprint density at radius 3 is 2.35 bits per heavy atom. The van der Waals surface area contributed by atoms with Crippen molar-refractivity contribution in [2.45, 2.75) is 18.9 Å². The fraction of sp³-hybridized carbons (Fsp3) is 0.174. The van der Waals surface area contributed by atoms with E-state index in [1.54, 1.807) is 12.1 Å². The van der Waals surface area contributed by atoms with Gasteiger partial charge in [0.2, 0.25) is 5.95 Å². The highest BCUT2D eigenvalue weighted by Crippen LogP contribution is 2.32. The molecule has 2 rings (SSSR count). The van der Waals surface area contributed by atoms with E-state index < -0.39 is 0 Å². The van der Waals surface area contributed by atoms with Crippen LogP contribution in [0.2, 0.25) is 5.02 Å². The molecule has 0 atom stereocenters. The van der Waals surface area contributed by atoms with Crippen LogP contribution in [0.15, 0.2) is 71.4 Å². The standard InChI is InChI=1S/C14H13ClN4OS.C9H15N/c1-21-13-11(10(16)6-7-20)12(18-14(17)19-13)8-2-4-9(15)5-3-8;1-4-5-6-7-8-9(2)10-3/h2-7H,16H2,1H3,(H2,17,18,19);4-8,10H,1-3H3/b10-6-;5-4-,7-6-,9-8+. The summed E-state index contributed by atoms with van der Waals surface area (Å²) in [7, 11) is 1.91. The minimum absolute atomic E-state index is 0.145. The molecule has 5 N–H and O–H groups in total. The van der Waals surface area contributed by atoms with Gasteiger partial charge in [-0.25, -0.2) is 9.97 Å². The third-order valence-corrected chi connectivity index (χ3v) is 4.83. The van der Waals surface area contributed by atoms with Crippen molar-refractivity contribution in [1.82, 2.24) is 15.3 Å². The fourth-order valence-corrected chi connectivity index (χ4v) is 3.03. The maximum absolute atomic E-state index is 10.7. The smallest absolute Gasteiger partial charge is 0.221 e. The number of carbonyl (C=O) groups excluding carboxylic acids is 1. The summed E-state index contributed by atoms with van der Waals surface area (Å²) in [5.41, 5.74) is 15.1. The molecule has 1 heterocycles. The molecule has 0 aliphatic rings. The maximum Gasteiger partial charge on any atom is 0.221 e. The number of hydrogen-bond acceptors (Lipinski definition) is 7. The summed E-state index contributed by atoms with van der Waals surface area (Å²) in [6, 6.07) is 7.12. The molecule has 164 valence electrons. The van der Waals surface area contributed by atoms with Crippen LogP contribution in [-0.2, 0) is 4.79 Å². The first-order chi connectivity index (χ1) is 14.9. The number of nitrogen functional groups attached to an aromatic ring is 1. The van der Waals surface area contributed by atoms with Crippen molar-refractivity contribution in [3.05, 3.63) is 77.0 Å². The molecule has 1 aromatic heterocycles. The van der Waals surface area contributed by atoms with E-state index in [1.165, 1.54) is 23.5 Å². The predicted molar refractivity (Wildman–Crippen MR) is 134 cm³/mol. The van der Waals surface area contributed by atoms with Crippen LogP contribution in [-0.4, -0.2) is 29.6 Å². The molecule has 31 heavy (non-hydrogen) atoms. The van der Waals surface area contributed by atoms with Gasteiger partial charge in [-0.05, 0) is 38.3 Å². The average molecular weight is 458 g/mol. The SMILES string of the molecule is CSc1nc(N)nc(-c2ccc(Cl)cc2)c1/C(N)=C/C=O.C\C=C/C=C\C=C(/C)NC. The summed E-state index contributed by atoms with van der Waals surface area (Å²) >= 11 is 7.28. The molecule has 0 bridgehead atoms. The third-order valence-electron chi connectivity index (χ3n) is 3.90. The molecule has 0 aliphatic heterocycles. The molecule has 0 spiro atoms. The molecular weight excluding hydrogens is 430 g/mol. The number of nitrogens with zero attached hydrogens (tertiary/aromatic N) is 2. The van der Waals surface area contributed by atoms with Gasteiger partial charge in [0.25, 0.3) is 0 Å². The summed E-state index contributed by atoms with van der Waals surface area (Å²) in [5, 5.41) is 4.26. The van der Waals surface area contributed by atoms with Crippen LogP contribution in [0.3, 0.4) is 0 Å². The molecule has 2 aromatic rings. The van der Waals surface area contributed by atoms with E-state index in [4.69, 9.17) is 23.1 Å². The summed E-state index contributed by atoms with van der Waals surface area (Å²) in [4.78, 5) is 19.1. The molecule has 0 aliphatic carbocycles. The molecule has 0 fully saturated rings. The topological polar surface area (TPSA) is 107 Å². The lowest BCUT2D eigenvalue weighted by Gasteiger charge is -2.13. The second kappa shape index (κ2) is 14.1. The van der Waals surface area contributed by atoms with Gasteiger partial charge in [-0.3, -0.25) is 4.79 Å². The Bertz CT molecular complexity index is 982. The van der Waals surface area contributed by atoms with Crippen LogP contribution in [0.25, 0.3) is 17.0 Å². The van der Waals surface area contributed by atoms with E-state index in [0.29, 0.717) is 33.3 Å². The number of anilines is 1.